The van der Waals surface area contributed by atoms with E-state index in [-0.39, 0.29) is 12.5 Å². The first kappa shape index (κ1) is 22.8. The molecule has 0 saturated carbocycles. The Hall–Kier alpha value is -3.35. The smallest absolute Gasteiger partial charge is 0.271 e. The number of nitrogens with one attached hydrogen (secondary N) is 1. The van der Waals surface area contributed by atoms with E-state index >= 15 is 0 Å². The summed E-state index contributed by atoms with van der Waals surface area (Å²) < 4.78 is 11.4. The average Bonchev–Trinajstić information content (AvgIpc) is 3.38. The van der Waals surface area contributed by atoms with Crippen molar-refractivity contribution < 1.29 is 14.3 Å². The van der Waals surface area contributed by atoms with Crippen LogP contribution in [0.2, 0.25) is 0 Å². The molecule has 1 aliphatic heterocycles. The van der Waals surface area contributed by atoms with E-state index in [9.17, 15) is 4.79 Å². The van der Waals surface area contributed by atoms with Gasteiger partial charge in [-0.3, -0.25) is 15.1 Å². The number of hydrogen-bond acceptors (Lipinski definition) is 5. The van der Waals surface area contributed by atoms with Crippen LogP contribution in [0.4, 0.5) is 0 Å². The van der Waals surface area contributed by atoms with E-state index in [0.29, 0.717) is 5.75 Å². The maximum absolute atomic E-state index is 11.2. The Kier molecular flexibility index (Phi) is 7.95. The molecule has 4 rings (SSSR count). The van der Waals surface area contributed by atoms with E-state index in [4.69, 9.17) is 15.3 Å². The average molecular weight is 446 g/mol. The van der Waals surface area contributed by atoms with Crippen LogP contribution in [0, 0.1) is 0 Å². The minimum atomic E-state index is -0.365. The summed E-state index contributed by atoms with van der Waals surface area (Å²) in [5.74, 6) is 6.25. The molecule has 0 spiro atoms. The zero-order chi connectivity index (χ0) is 22.9. The lowest BCUT2D eigenvalue weighted by atomic mass is 9.95. The fraction of sp³-hybridized carbons (Fsp3) is 0.296. The molecular weight excluding hydrogens is 414 g/mol. The van der Waals surface area contributed by atoms with Gasteiger partial charge in [-0.2, -0.15) is 0 Å². The van der Waals surface area contributed by atoms with Gasteiger partial charge in [0.15, 0.2) is 6.61 Å². The predicted octanol–water partition coefficient (Wildman–Crippen LogP) is 3.79. The normalized spacial score (nSPS) is 13.6. The highest BCUT2D eigenvalue weighted by Gasteiger charge is 2.11. The Morgan fingerprint density at radius 1 is 0.879 bits per heavy atom. The van der Waals surface area contributed by atoms with Gasteiger partial charge in [0.05, 0.1) is 0 Å². The molecule has 0 aromatic heterocycles. The van der Waals surface area contributed by atoms with Gasteiger partial charge in [-0.15, -0.1) is 0 Å². The standard InChI is InChI=1S/C27H31N3O3/c28-29-27(31)20-33-25-11-7-21(8-12-25)19-23-5-1-2-6-26(23)22-9-13-24(14-10-22)32-18-17-30-15-3-4-16-30/h1-2,5-14H,3-4,15-20,28H2,(H,29,31). The third kappa shape index (κ3) is 6.57. The number of hydrazine groups is 1. The maximum atomic E-state index is 11.2. The van der Waals surface area contributed by atoms with Crippen LogP contribution < -0.4 is 20.7 Å². The van der Waals surface area contributed by atoms with Crippen molar-refractivity contribution in [2.45, 2.75) is 19.3 Å². The Balaban J connectivity index is 1.37. The molecule has 0 atom stereocenters. The Bertz CT molecular complexity index is 1030. The van der Waals surface area contributed by atoms with Gasteiger partial charge in [0.2, 0.25) is 0 Å². The number of carbonyl (C=O) groups is 1. The SMILES string of the molecule is NNC(=O)COc1ccc(Cc2ccccc2-c2ccc(OCCN3CCCC3)cc2)cc1. The van der Waals surface area contributed by atoms with Crippen LogP contribution in [0.15, 0.2) is 72.8 Å². The van der Waals surface area contributed by atoms with Gasteiger partial charge in [0, 0.05) is 6.54 Å². The molecule has 6 nitrogen and oxygen atoms in total. The number of benzene rings is 3. The van der Waals surface area contributed by atoms with Gasteiger partial charge in [-0.1, -0.05) is 48.5 Å². The highest BCUT2D eigenvalue weighted by molar-refractivity contribution is 5.76. The van der Waals surface area contributed by atoms with Crippen molar-refractivity contribution in [3.05, 3.63) is 83.9 Å². The fourth-order valence-corrected chi connectivity index (χ4v) is 4.10. The number of hydrogen-bond donors (Lipinski definition) is 2. The van der Waals surface area contributed by atoms with Gasteiger partial charge < -0.3 is 9.47 Å². The second-order valence-electron chi connectivity index (χ2n) is 8.26. The largest absolute Gasteiger partial charge is 0.492 e. The molecule has 0 aliphatic carbocycles. The molecule has 6 heteroatoms. The minimum Gasteiger partial charge on any atom is -0.492 e. The van der Waals surface area contributed by atoms with E-state index in [1.807, 2.05) is 24.3 Å². The van der Waals surface area contributed by atoms with Gasteiger partial charge in [0.25, 0.3) is 5.91 Å². The topological polar surface area (TPSA) is 76.8 Å². The second kappa shape index (κ2) is 11.5. The zero-order valence-corrected chi connectivity index (χ0v) is 18.8. The van der Waals surface area contributed by atoms with Gasteiger partial charge in [0.1, 0.15) is 18.1 Å². The Morgan fingerprint density at radius 2 is 1.55 bits per heavy atom. The third-order valence-electron chi connectivity index (χ3n) is 5.91. The second-order valence-corrected chi connectivity index (χ2v) is 8.26. The van der Waals surface area contributed by atoms with Crippen LogP contribution in [-0.4, -0.2) is 43.7 Å². The minimum absolute atomic E-state index is 0.101. The molecule has 1 heterocycles. The molecule has 3 aromatic rings. The molecule has 172 valence electrons. The summed E-state index contributed by atoms with van der Waals surface area (Å²) >= 11 is 0. The quantitative estimate of drug-likeness (QED) is 0.282. The maximum Gasteiger partial charge on any atom is 0.271 e. The van der Waals surface area contributed by atoms with E-state index in [2.05, 4.69) is 58.9 Å². The number of likely N-dealkylation sites (tertiary alicyclic amines) is 1. The molecule has 33 heavy (non-hydrogen) atoms. The molecule has 0 unspecified atom stereocenters. The Morgan fingerprint density at radius 3 is 2.27 bits per heavy atom. The summed E-state index contributed by atoms with van der Waals surface area (Å²) in [6.45, 7) is 4.01. The van der Waals surface area contributed by atoms with Crippen molar-refractivity contribution >= 4 is 5.91 Å². The molecule has 0 radical (unpaired) electrons. The van der Waals surface area contributed by atoms with Gasteiger partial charge >= 0.3 is 0 Å². The lowest BCUT2D eigenvalue weighted by Crippen LogP contribution is -2.34. The molecular formula is C27H31N3O3. The third-order valence-corrected chi connectivity index (χ3v) is 5.91. The van der Waals surface area contributed by atoms with Crippen molar-refractivity contribution in [1.29, 1.82) is 0 Å². The predicted molar refractivity (Wildman–Crippen MR) is 130 cm³/mol. The number of ether oxygens (including phenoxy) is 2. The van der Waals surface area contributed by atoms with E-state index in [1.54, 1.807) is 0 Å². The van der Waals surface area contributed by atoms with Crippen molar-refractivity contribution in [3.8, 4) is 22.6 Å². The lowest BCUT2D eigenvalue weighted by molar-refractivity contribution is -0.123. The van der Waals surface area contributed by atoms with Crippen molar-refractivity contribution in [3.63, 3.8) is 0 Å². The molecule has 3 aromatic carbocycles. The number of amides is 1. The van der Waals surface area contributed by atoms with Crippen LogP contribution in [0.5, 0.6) is 11.5 Å². The molecule has 1 fully saturated rings. The highest BCUT2D eigenvalue weighted by atomic mass is 16.5. The Labute approximate surface area is 195 Å². The van der Waals surface area contributed by atoms with Crippen LogP contribution in [0.3, 0.4) is 0 Å². The summed E-state index contributed by atoms with van der Waals surface area (Å²) in [7, 11) is 0. The van der Waals surface area contributed by atoms with Crippen molar-refractivity contribution in [1.82, 2.24) is 10.3 Å². The molecule has 1 aliphatic rings. The first-order chi connectivity index (χ1) is 16.2. The van der Waals surface area contributed by atoms with Crippen LogP contribution >= 0.6 is 0 Å². The van der Waals surface area contributed by atoms with E-state index < -0.39 is 0 Å². The summed E-state index contributed by atoms with van der Waals surface area (Å²) in [4.78, 5) is 13.7. The van der Waals surface area contributed by atoms with Gasteiger partial charge in [-0.05, 0) is 78.9 Å². The highest BCUT2D eigenvalue weighted by Crippen LogP contribution is 2.28. The van der Waals surface area contributed by atoms with Crippen molar-refractivity contribution in [2.24, 2.45) is 5.84 Å². The summed E-state index contributed by atoms with van der Waals surface area (Å²) in [6.07, 6.45) is 3.41. The zero-order valence-electron chi connectivity index (χ0n) is 18.8. The summed E-state index contributed by atoms with van der Waals surface area (Å²) in [6, 6.07) is 24.6. The summed E-state index contributed by atoms with van der Waals surface area (Å²) in [5.41, 5.74) is 6.85. The first-order valence-corrected chi connectivity index (χ1v) is 11.5. The summed E-state index contributed by atoms with van der Waals surface area (Å²) in [5, 5.41) is 0. The molecule has 1 amide bonds. The lowest BCUT2D eigenvalue weighted by Gasteiger charge is -2.15. The fourth-order valence-electron chi connectivity index (χ4n) is 4.10. The molecule has 1 saturated heterocycles. The van der Waals surface area contributed by atoms with Crippen LogP contribution in [-0.2, 0) is 11.2 Å². The van der Waals surface area contributed by atoms with E-state index in [1.165, 1.54) is 48.2 Å². The van der Waals surface area contributed by atoms with Crippen LogP contribution in [0.25, 0.3) is 11.1 Å². The molecule has 3 N–H and O–H groups in total. The van der Waals surface area contributed by atoms with E-state index in [0.717, 1.165) is 25.3 Å². The molecule has 0 bridgehead atoms. The first-order valence-electron chi connectivity index (χ1n) is 11.5. The number of nitrogens with two attached hydrogens (primary N) is 1. The number of nitrogens with zero attached hydrogens (tertiary/aromatic N) is 1. The number of rotatable bonds is 10. The number of carbonyl (C=O) groups excluding carboxylic acids is 1. The van der Waals surface area contributed by atoms with Crippen LogP contribution in [0.1, 0.15) is 24.0 Å². The van der Waals surface area contributed by atoms with Crippen molar-refractivity contribution in [2.75, 3.05) is 32.8 Å². The van der Waals surface area contributed by atoms with Gasteiger partial charge in [-0.25, -0.2) is 5.84 Å². The monoisotopic (exact) mass is 445 g/mol.